The number of carbonyl (C=O) groups is 2. The van der Waals surface area contributed by atoms with Gasteiger partial charge in [0.1, 0.15) is 18.0 Å². The van der Waals surface area contributed by atoms with Crippen molar-refractivity contribution in [3.8, 4) is 0 Å². The summed E-state index contributed by atoms with van der Waals surface area (Å²) in [5.41, 5.74) is 7.16. The molecule has 0 spiro atoms. The molecule has 10 nitrogen and oxygen atoms in total. The molecule has 1 aliphatic carbocycles. The number of hydrogen-bond acceptors (Lipinski definition) is 8. The van der Waals surface area contributed by atoms with Crippen LogP contribution >= 0.6 is 0 Å². The number of carbonyl (C=O) groups excluding carboxylic acids is 1. The summed E-state index contributed by atoms with van der Waals surface area (Å²) in [6.07, 6.45) is 8.11. The number of anilines is 2. The topological polar surface area (TPSA) is 149 Å². The molecule has 5 N–H and O–H groups in total. The summed E-state index contributed by atoms with van der Waals surface area (Å²) in [5, 5.41) is 21.1. The first kappa shape index (κ1) is 26.8. The number of carboxylic acids is 1. The number of nitrogens with two attached hydrogens (primary N) is 1. The number of benzene rings is 1. The molecule has 2 heterocycles. The van der Waals surface area contributed by atoms with E-state index in [0.29, 0.717) is 36.1 Å². The summed E-state index contributed by atoms with van der Waals surface area (Å²) >= 11 is 0. The third-order valence-electron chi connectivity index (χ3n) is 6.21. The van der Waals surface area contributed by atoms with E-state index in [-0.39, 0.29) is 29.0 Å². The summed E-state index contributed by atoms with van der Waals surface area (Å²) in [6, 6.07) is 6.62. The van der Waals surface area contributed by atoms with Crippen molar-refractivity contribution in [2.45, 2.75) is 45.2 Å². The SMILES string of the molecule is CC.CN(C/C=C/C(=O)N1CCC(Nc2ncnc(N)c2C(=N)c2ccc(C(=O)O)cc2)C1)C1CC1. The van der Waals surface area contributed by atoms with Gasteiger partial charge in [0.2, 0.25) is 5.91 Å². The molecule has 1 aromatic carbocycles. The monoisotopic (exact) mass is 493 g/mol. The Hall–Kier alpha value is -3.79. The molecule has 36 heavy (non-hydrogen) atoms. The van der Waals surface area contributed by atoms with Gasteiger partial charge in [-0.3, -0.25) is 15.1 Å². The second-order valence-electron chi connectivity index (χ2n) is 8.73. The average Bonchev–Trinajstić information content (AvgIpc) is 3.63. The minimum atomic E-state index is -1.03. The Morgan fingerprint density at radius 2 is 1.86 bits per heavy atom. The minimum Gasteiger partial charge on any atom is -0.478 e. The second-order valence-corrected chi connectivity index (χ2v) is 8.73. The molecule has 1 saturated heterocycles. The van der Waals surface area contributed by atoms with Crippen molar-refractivity contribution in [2.24, 2.45) is 0 Å². The number of hydrogen-bond donors (Lipinski definition) is 4. The molecular weight excluding hydrogens is 458 g/mol. The largest absolute Gasteiger partial charge is 0.478 e. The smallest absolute Gasteiger partial charge is 0.335 e. The lowest BCUT2D eigenvalue weighted by Gasteiger charge is -2.19. The number of amides is 1. The van der Waals surface area contributed by atoms with Gasteiger partial charge in [0, 0.05) is 43.4 Å². The lowest BCUT2D eigenvalue weighted by molar-refractivity contribution is -0.125. The van der Waals surface area contributed by atoms with Crippen LogP contribution in [0.3, 0.4) is 0 Å². The van der Waals surface area contributed by atoms with Crippen molar-refractivity contribution in [1.82, 2.24) is 19.8 Å². The number of carboxylic acid groups (broad SMARTS) is 1. The first-order valence-electron chi connectivity index (χ1n) is 12.3. The van der Waals surface area contributed by atoms with Gasteiger partial charge in [-0.15, -0.1) is 0 Å². The molecule has 1 atom stereocenters. The average molecular weight is 494 g/mol. The van der Waals surface area contributed by atoms with Crippen LogP contribution in [0, 0.1) is 5.41 Å². The van der Waals surface area contributed by atoms with E-state index < -0.39 is 5.97 Å². The predicted molar refractivity (Wildman–Crippen MR) is 141 cm³/mol. The zero-order valence-electron chi connectivity index (χ0n) is 21.1. The molecular formula is C26H35N7O3. The molecule has 0 bridgehead atoms. The van der Waals surface area contributed by atoms with E-state index in [1.54, 1.807) is 23.1 Å². The van der Waals surface area contributed by atoms with Crippen LogP contribution < -0.4 is 11.1 Å². The molecule has 1 aliphatic heterocycles. The van der Waals surface area contributed by atoms with Crippen molar-refractivity contribution >= 4 is 29.2 Å². The number of nitrogens with one attached hydrogen (secondary N) is 2. The van der Waals surface area contributed by atoms with Gasteiger partial charge < -0.3 is 21.1 Å². The molecule has 2 aliphatic rings. The normalized spacial score (nSPS) is 17.1. The van der Waals surface area contributed by atoms with Gasteiger partial charge in [-0.2, -0.15) is 0 Å². The fraction of sp³-hybridized carbons (Fsp3) is 0.423. The van der Waals surface area contributed by atoms with Crippen LogP contribution in [-0.2, 0) is 4.79 Å². The van der Waals surface area contributed by atoms with Crippen LogP contribution in [0.15, 0.2) is 42.7 Å². The summed E-state index contributed by atoms with van der Waals surface area (Å²) in [4.78, 5) is 36.1. The zero-order chi connectivity index (χ0) is 26.2. The van der Waals surface area contributed by atoms with Gasteiger partial charge in [-0.25, -0.2) is 14.8 Å². The molecule has 4 rings (SSSR count). The van der Waals surface area contributed by atoms with Gasteiger partial charge in [0.25, 0.3) is 0 Å². The number of likely N-dealkylation sites (tertiary alicyclic amines) is 1. The van der Waals surface area contributed by atoms with Crippen LogP contribution in [0.25, 0.3) is 0 Å². The van der Waals surface area contributed by atoms with Crippen molar-refractivity contribution < 1.29 is 14.7 Å². The Balaban J connectivity index is 0.00000176. The highest BCUT2D eigenvalue weighted by Crippen LogP contribution is 2.25. The first-order valence-corrected chi connectivity index (χ1v) is 12.3. The maximum Gasteiger partial charge on any atom is 0.335 e. The predicted octanol–water partition coefficient (Wildman–Crippen LogP) is 2.86. The summed E-state index contributed by atoms with van der Waals surface area (Å²) < 4.78 is 0. The summed E-state index contributed by atoms with van der Waals surface area (Å²) in [5.74, 6) is -0.477. The van der Waals surface area contributed by atoms with Crippen molar-refractivity contribution in [3.05, 3.63) is 59.4 Å². The van der Waals surface area contributed by atoms with E-state index in [1.165, 1.54) is 31.3 Å². The fourth-order valence-corrected chi connectivity index (χ4v) is 4.04. The standard InChI is InChI=1S/C24H29N7O3.C2H6/c1-30(18-8-9-18)11-2-3-19(32)31-12-10-17(13-31)29-23-20(22(26)27-14-28-23)21(25)15-4-6-16(7-5-15)24(33)34;1-2/h2-7,14,17-18,25H,8-13H2,1H3,(H,33,34)(H3,26,27,28,29);1-2H3/b3-2+,25-21?;. The third kappa shape index (κ3) is 6.66. The van der Waals surface area contributed by atoms with Crippen LogP contribution in [0.5, 0.6) is 0 Å². The minimum absolute atomic E-state index is 0.0119. The Morgan fingerprint density at radius 1 is 1.19 bits per heavy atom. The highest BCUT2D eigenvalue weighted by molar-refractivity contribution is 6.16. The molecule has 1 aromatic heterocycles. The van der Waals surface area contributed by atoms with E-state index in [1.807, 2.05) is 19.9 Å². The number of rotatable bonds is 9. The number of nitrogen functional groups attached to an aromatic ring is 1. The number of aromatic carboxylic acids is 1. The van der Waals surface area contributed by atoms with Crippen molar-refractivity contribution in [2.75, 3.05) is 37.7 Å². The highest BCUT2D eigenvalue weighted by Gasteiger charge is 2.28. The van der Waals surface area contributed by atoms with E-state index in [9.17, 15) is 9.59 Å². The number of aromatic nitrogens is 2. The Morgan fingerprint density at radius 3 is 2.50 bits per heavy atom. The lowest BCUT2D eigenvalue weighted by atomic mass is 10.0. The quantitative estimate of drug-likeness (QED) is 0.308. The van der Waals surface area contributed by atoms with Crippen LogP contribution in [0.4, 0.5) is 11.6 Å². The van der Waals surface area contributed by atoms with Crippen molar-refractivity contribution in [3.63, 3.8) is 0 Å². The highest BCUT2D eigenvalue weighted by atomic mass is 16.4. The Bertz CT molecular complexity index is 1110. The van der Waals surface area contributed by atoms with E-state index in [2.05, 4.69) is 27.2 Å². The van der Waals surface area contributed by atoms with Gasteiger partial charge in [-0.05, 0) is 38.4 Å². The summed E-state index contributed by atoms with van der Waals surface area (Å²) in [6.45, 7) is 5.92. The third-order valence-corrected chi connectivity index (χ3v) is 6.21. The Labute approximate surface area is 211 Å². The molecule has 1 saturated carbocycles. The molecule has 192 valence electrons. The van der Waals surface area contributed by atoms with Crippen molar-refractivity contribution in [1.29, 1.82) is 5.41 Å². The van der Waals surface area contributed by atoms with E-state index >= 15 is 0 Å². The summed E-state index contributed by atoms with van der Waals surface area (Å²) in [7, 11) is 2.07. The Kier molecular flexibility index (Phi) is 9.13. The maximum absolute atomic E-state index is 12.6. The van der Waals surface area contributed by atoms with Gasteiger partial charge in [-0.1, -0.05) is 32.1 Å². The fourth-order valence-electron chi connectivity index (χ4n) is 4.04. The molecule has 10 heteroatoms. The van der Waals surface area contributed by atoms with Gasteiger partial charge in [0.05, 0.1) is 16.8 Å². The molecule has 0 radical (unpaired) electrons. The number of likely N-dealkylation sites (N-methyl/N-ethyl adjacent to an activating group) is 1. The van der Waals surface area contributed by atoms with Gasteiger partial charge >= 0.3 is 5.97 Å². The van der Waals surface area contributed by atoms with Gasteiger partial charge in [0.15, 0.2) is 0 Å². The number of nitrogens with zero attached hydrogens (tertiary/aromatic N) is 4. The second kappa shape index (κ2) is 12.3. The van der Waals surface area contributed by atoms with E-state index in [0.717, 1.165) is 13.0 Å². The molecule has 1 amide bonds. The molecule has 1 unspecified atom stereocenters. The molecule has 2 aromatic rings. The first-order chi connectivity index (χ1) is 17.3. The maximum atomic E-state index is 12.6. The molecule has 2 fully saturated rings. The van der Waals surface area contributed by atoms with Crippen LogP contribution in [-0.4, -0.2) is 81.2 Å². The zero-order valence-corrected chi connectivity index (χ0v) is 21.1. The van der Waals surface area contributed by atoms with Crippen LogP contribution in [0.1, 0.15) is 54.6 Å². The lowest BCUT2D eigenvalue weighted by Crippen LogP contribution is -2.31. The van der Waals surface area contributed by atoms with Crippen LogP contribution in [0.2, 0.25) is 0 Å². The van der Waals surface area contributed by atoms with E-state index in [4.69, 9.17) is 16.2 Å².